The SMILES string of the molecule is CC.CC.CC1(C)c2ccccc2-c2c(-c3ccccc3)cccc21. The lowest BCUT2D eigenvalue weighted by Crippen LogP contribution is -2.14. The van der Waals surface area contributed by atoms with E-state index in [1.165, 1.54) is 33.4 Å². The highest BCUT2D eigenvalue weighted by atomic mass is 14.4. The minimum atomic E-state index is 0.0801. The van der Waals surface area contributed by atoms with E-state index in [2.05, 4.69) is 86.6 Å². The van der Waals surface area contributed by atoms with Gasteiger partial charge in [-0.1, -0.05) is 114 Å². The molecule has 0 fully saturated rings. The van der Waals surface area contributed by atoms with E-state index >= 15 is 0 Å². The number of fused-ring (bicyclic) bond motifs is 3. The Labute approximate surface area is 153 Å². The van der Waals surface area contributed by atoms with Crippen LogP contribution in [0.15, 0.2) is 72.8 Å². The highest BCUT2D eigenvalue weighted by Gasteiger charge is 2.36. The van der Waals surface area contributed by atoms with E-state index in [0.29, 0.717) is 0 Å². The Hall–Kier alpha value is -2.34. The first-order chi connectivity index (χ1) is 12.2. The second-order valence-corrected chi connectivity index (χ2v) is 6.26. The predicted molar refractivity (Wildman–Crippen MR) is 112 cm³/mol. The van der Waals surface area contributed by atoms with Crippen molar-refractivity contribution in [3.05, 3.63) is 83.9 Å². The van der Waals surface area contributed by atoms with Crippen LogP contribution in [0.25, 0.3) is 22.3 Å². The van der Waals surface area contributed by atoms with Gasteiger partial charge in [-0.05, 0) is 33.4 Å². The Morgan fingerprint density at radius 3 is 1.72 bits per heavy atom. The molecule has 0 bridgehead atoms. The van der Waals surface area contributed by atoms with Crippen molar-refractivity contribution in [2.24, 2.45) is 0 Å². The molecule has 3 aromatic carbocycles. The Balaban J connectivity index is 0.000000528. The topological polar surface area (TPSA) is 0 Å². The number of benzene rings is 3. The molecular weight excluding hydrogens is 300 g/mol. The van der Waals surface area contributed by atoms with Crippen LogP contribution in [-0.2, 0) is 5.41 Å². The molecule has 0 spiro atoms. The summed E-state index contributed by atoms with van der Waals surface area (Å²) in [5.74, 6) is 0. The Morgan fingerprint density at radius 1 is 0.520 bits per heavy atom. The first-order valence-electron chi connectivity index (χ1n) is 9.48. The molecule has 0 N–H and O–H groups in total. The first-order valence-corrected chi connectivity index (χ1v) is 9.48. The summed E-state index contributed by atoms with van der Waals surface area (Å²) in [5.41, 5.74) is 8.37. The van der Waals surface area contributed by atoms with Crippen LogP contribution >= 0.6 is 0 Å². The average Bonchev–Trinajstić information content (AvgIpc) is 2.94. The van der Waals surface area contributed by atoms with Gasteiger partial charge in [0.05, 0.1) is 0 Å². The fraction of sp³-hybridized carbons (Fsp3) is 0.280. The van der Waals surface area contributed by atoms with Crippen molar-refractivity contribution in [3.8, 4) is 22.3 Å². The van der Waals surface area contributed by atoms with Gasteiger partial charge >= 0.3 is 0 Å². The van der Waals surface area contributed by atoms with E-state index in [1.807, 2.05) is 27.7 Å². The van der Waals surface area contributed by atoms with Gasteiger partial charge in [-0.15, -0.1) is 0 Å². The molecule has 3 aromatic rings. The Kier molecular flexibility index (Phi) is 6.20. The molecule has 130 valence electrons. The molecule has 0 aromatic heterocycles. The highest BCUT2D eigenvalue weighted by Crippen LogP contribution is 2.51. The van der Waals surface area contributed by atoms with Crippen LogP contribution in [-0.4, -0.2) is 0 Å². The average molecular weight is 331 g/mol. The van der Waals surface area contributed by atoms with Crippen molar-refractivity contribution in [1.29, 1.82) is 0 Å². The lowest BCUT2D eigenvalue weighted by atomic mass is 9.82. The van der Waals surface area contributed by atoms with Gasteiger partial charge in [0.2, 0.25) is 0 Å². The van der Waals surface area contributed by atoms with Crippen LogP contribution in [0, 0.1) is 0 Å². The second-order valence-electron chi connectivity index (χ2n) is 6.26. The van der Waals surface area contributed by atoms with Crippen molar-refractivity contribution in [3.63, 3.8) is 0 Å². The standard InChI is InChI=1S/C21H18.2C2H6/c1-21(2)18-13-7-6-11-17(18)20-16(12-8-14-19(20)21)15-9-4-3-5-10-15;2*1-2/h3-14H,1-2H3;2*1-2H3. The van der Waals surface area contributed by atoms with E-state index in [0.717, 1.165) is 0 Å². The van der Waals surface area contributed by atoms with Gasteiger partial charge in [0, 0.05) is 5.41 Å². The lowest BCUT2D eigenvalue weighted by Gasteiger charge is -2.21. The predicted octanol–water partition coefficient (Wildman–Crippen LogP) is 7.71. The summed E-state index contributed by atoms with van der Waals surface area (Å²) in [4.78, 5) is 0. The second kappa shape index (κ2) is 8.16. The molecule has 0 atom stereocenters. The van der Waals surface area contributed by atoms with Gasteiger partial charge in [0.15, 0.2) is 0 Å². The van der Waals surface area contributed by atoms with Crippen molar-refractivity contribution < 1.29 is 0 Å². The highest BCUT2D eigenvalue weighted by molar-refractivity contribution is 5.92. The lowest BCUT2D eigenvalue weighted by molar-refractivity contribution is 0.660. The van der Waals surface area contributed by atoms with Crippen LogP contribution in [0.4, 0.5) is 0 Å². The van der Waals surface area contributed by atoms with Crippen LogP contribution in [0.1, 0.15) is 52.7 Å². The zero-order valence-electron chi connectivity index (χ0n) is 16.4. The molecule has 0 nitrogen and oxygen atoms in total. The summed E-state index contributed by atoms with van der Waals surface area (Å²) in [6.45, 7) is 12.7. The van der Waals surface area contributed by atoms with Gasteiger partial charge in [-0.25, -0.2) is 0 Å². The maximum absolute atomic E-state index is 2.33. The summed E-state index contributed by atoms with van der Waals surface area (Å²) in [6, 6.07) is 26.2. The minimum absolute atomic E-state index is 0.0801. The fourth-order valence-corrected chi connectivity index (χ4v) is 3.61. The summed E-state index contributed by atoms with van der Waals surface area (Å²) in [6.07, 6.45) is 0. The molecule has 4 rings (SSSR count). The largest absolute Gasteiger partial charge is 0.0683 e. The van der Waals surface area contributed by atoms with Crippen LogP contribution in [0.2, 0.25) is 0 Å². The van der Waals surface area contributed by atoms with E-state index in [4.69, 9.17) is 0 Å². The van der Waals surface area contributed by atoms with Crippen LogP contribution in [0.3, 0.4) is 0 Å². The quantitative estimate of drug-likeness (QED) is 0.428. The normalized spacial score (nSPS) is 12.7. The zero-order chi connectivity index (χ0) is 18.4. The van der Waals surface area contributed by atoms with Crippen molar-refractivity contribution in [1.82, 2.24) is 0 Å². The number of rotatable bonds is 1. The smallest absolute Gasteiger partial charge is 0.0159 e. The van der Waals surface area contributed by atoms with Gasteiger partial charge in [-0.3, -0.25) is 0 Å². The molecule has 0 amide bonds. The molecule has 25 heavy (non-hydrogen) atoms. The number of hydrogen-bond donors (Lipinski definition) is 0. The first kappa shape index (κ1) is 19.0. The van der Waals surface area contributed by atoms with E-state index in [9.17, 15) is 0 Å². The molecule has 1 aliphatic carbocycles. The van der Waals surface area contributed by atoms with Crippen molar-refractivity contribution >= 4 is 0 Å². The molecule has 0 unspecified atom stereocenters. The van der Waals surface area contributed by atoms with Gasteiger partial charge < -0.3 is 0 Å². The molecule has 0 heteroatoms. The van der Waals surface area contributed by atoms with Crippen LogP contribution in [0.5, 0.6) is 0 Å². The van der Waals surface area contributed by atoms with Gasteiger partial charge in [-0.2, -0.15) is 0 Å². The van der Waals surface area contributed by atoms with Crippen molar-refractivity contribution in [2.45, 2.75) is 47.0 Å². The summed E-state index contributed by atoms with van der Waals surface area (Å²) >= 11 is 0. The third kappa shape index (κ3) is 3.26. The van der Waals surface area contributed by atoms with Crippen LogP contribution < -0.4 is 0 Å². The fourth-order valence-electron chi connectivity index (χ4n) is 3.61. The monoisotopic (exact) mass is 330 g/mol. The Morgan fingerprint density at radius 2 is 1.04 bits per heavy atom. The minimum Gasteiger partial charge on any atom is -0.0683 e. The van der Waals surface area contributed by atoms with Crippen molar-refractivity contribution in [2.75, 3.05) is 0 Å². The summed E-state index contributed by atoms with van der Waals surface area (Å²) < 4.78 is 0. The molecule has 0 aliphatic heterocycles. The summed E-state index contributed by atoms with van der Waals surface area (Å²) in [5, 5.41) is 0. The molecule has 0 saturated heterocycles. The number of hydrogen-bond acceptors (Lipinski definition) is 0. The third-order valence-electron chi connectivity index (χ3n) is 4.69. The molecule has 0 heterocycles. The van der Waals surface area contributed by atoms with Gasteiger partial charge in [0.25, 0.3) is 0 Å². The van der Waals surface area contributed by atoms with E-state index in [-0.39, 0.29) is 5.41 Å². The van der Waals surface area contributed by atoms with E-state index < -0.39 is 0 Å². The molecular formula is C25H30. The molecule has 0 saturated carbocycles. The maximum Gasteiger partial charge on any atom is 0.0159 e. The third-order valence-corrected chi connectivity index (χ3v) is 4.69. The van der Waals surface area contributed by atoms with E-state index in [1.54, 1.807) is 0 Å². The molecule has 1 aliphatic rings. The van der Waals surface area contributed by atoms with Gasteiger partial charge in [0.1, 0.15) is 0 Å². The maximum atomic E-state index is 2.33. The molecule has 0 radical (unpaired) electrons. The summed E-state index contributed by atoms with van der Waals surface area (Å²) in [7, 11) is 0. The zero-order valence-corrected chi connectivity index (χ0v) is 16.4. The Bertz CT molecular complexity index is 810.